The van der Waals surface area contributed by atoms with Gasteiger partial charge in [-0.15, -0.1) is 0 Å². The SMILES string of the molecule is CCCCCCCCCC[C@@H](O)CN(CCCC[C@@H]1NC(=O)[C@@H](CCCCN(C[C@H](O)CCCCCCCCCC)C[C@@H](C)O)NC1=O)C[C@@H](O)CCCCCCCCCC. The third kappa shape index (κ3) is 33.8. The number of piperazine rings is 1. The molecule has 1 fully saturated rings. The second-order valence-corrected chi connectivity index (χ2v) is 19.2. The number of amides is 2. The molecule has 0 aromatic heterocycles. The first-order chi connectivity index (χ1) is 29.6. The molecule has 0 aromatic carbocycles. The van der Waals surface area contributed by atoms with Crippen LogP contribution in [0.3, 0.4) is 0 Å². The zero-order chi connectivity index (χ0) is 44.8. The van der Waals surface area contributed by atoms with Gasteiger partial charge in [0.05, 0.1) is 24.4 Å². The molecule has 61 heavy (non-hydrogen) atoms. The van der Waals surface area contributed by atoms with Crippen molar-refractivity contribution < 1.29 is 30.0 Å². The van der Waals surface area contributed by atoms with Crippen LogP contribution in [-0.4, -0.2) is 118 Å². The Balaban J connectivity index is 2.47. The Morgan fingerprint density at radius 3 is 0.984 bits per heavy atom. The van der Waals surface area contributed by atoms with Gasteiger partial charge in [0.2, 0.25) is 11.8 Å². The van der Waals surface area contributed by atoms with Gasteiger partial charge < -0.3 is 31.1 Å². The van der Waals surface area contributed by atoms with Crippen LogP contribution < -0.4 is 10.6 Å². The van der Waals surface area contributed by atoms with Crippen LogP contribution in [0.5, 0.6) is 0 Å². The van der Waals surface area contributed by atoms with Crippen LogP contribution in [0.2, 0.25) is 0 Å². The summed E-state index contributed by atoms with van der Waals surface area (Å²) in [5, 5.41) is 48.7. The molecule has 1 heterocycles. The van der Waals surface area contributed by atoms with E-state index in [9.17, 15) is 30.0 Å². The summed E-state index contributed by atoms with van der Waals surface area (Å²) in [6, 6.07) is -1.08. The molecule has 1 saturated heterocycles. The lowest BCUT2D eigenvalue weighted by atomic mass is 10.0. The lowest BCUT2D eigenvalue weighted by molar-refractivity contribution is -0.137. The Hall–Kier alpha value is -1.30. The molecule has 0 aromatic rings. The summed E-state index contributed by atoms with van der Waals surface area (Å²) in [7, 11) is 0. The minimum absolute atomic E-state index is 0.122. The quantitative estimate of drug-likeness (QED) is 0.0332. The highest BCUT2D eigenvalue weighted by Crippen LogP contribution is 2.17. The molecule has 0 unspecified atom stereocenters. The van der Waals surface area contributed by atoms with E-state index in [0.717, 1.165) is 96.6 Å². The number of rotatable bonds is 45. The second-order valence-electron chi connectivity index (χ2n) is 19.2. The van der Waals surface area contributed by atoms with Crippen LogP contribution in [0.25, 0.3) is 0 Å². The first-order valence-electron chi connectivity index (χ1n) is 26.4. The van der Waals surface area contributed by atoms with E-state index in [2.05, 4.69) is 41.2 Å². The fraction of sp³-hybridized carbons (Fsp3) is 0.961. The van der Waals surface area contributed by atoms with E-state index in [1.54, 1.807) is 6.92 Å². The van der Waals surface area contributed by atoms with E-state index >= 15 is 0 Å². The smallest absolute Gasteiger partial charge is 0.243 e. The van der Waals surface area contributed by atoms with Gasteiger partial charge in [-0.1, -0.05) is 175 Å². The van der Waals surface area contributed by atoms with E-state index < -0.39 is 36.5 Å². The number of nitrogens with zero attached hydrogens (tertiary/aromatic N) is 2. The summed E-state index contributed by atoms with van der Waals surface area (Å²) in [6.07, 6.45) is 34.7. The van der Waals surface area contributed by atoms with Crippen molar-refractivity contribution in [3.8, 4) is 0 Å². The minimum Gasteiger partial charge on any atom is -0.392 e. The molecular weight excluding hydrogens is 765 g/mol. The van der Waals surface area contributed by atoms with Crippen LogP contribution in [0.4, 0.5) is 0 Å². The van der Waals surface area contributed by atoms with Gasteiger partial charge in [0.15, 0.2) is 0 Å². The van der Waals surface area contributed by atoms with Crippen molar-refractivity contribution in [1.29, 1.82) is 0 Å². The first kappa shape index (κ1) is 57.7. The van der Waals surface area contributed by atoms with Crippen LogP contribution in [0.15, 0.2) is 0 Å². The fourth-order valence-electron chi connectivity index (χ4n) is 9.05. The predicted octanol–water partition coefficient (Wildman–Crippen LogP) is 9.97. The summed E-state index contributed by atoms with van der Waals surface area (Å²) in [6.45, 7) is 12.2. The number of hydrogen-bond donors (Lipinski definition) is 6. The van der Waals surface area contributed by atoms with Crippen molar-refractivity contribution in [3.63, 3.8) is 0 Å². The Morgan fingerprint density at radius 1 is 0.410 bits per heavy atom. The average molecular weight is 867 g/mol. The Morgan fingerprint density at radius 2 is 0.689 bits per heavy atom. The van der Waals surface area contributed by atoms with Crippen LogP contribution >= 0.6 is 0 Å². The third-order valence-electron chi connectivity index (χ3n) is 12.8. The highest BCUT2D eigenvalue weighted by atomic mass is 16.3. The van der Waals surface area contributed by atoms with Gasteiger partial charge in [-0.2, -0.15) is 0 Å². The number of aliphatic hydroxyl groups excluding tert-OH is 4. The minimum atomic E-state index is -0.540. The van der Waals surface area contributed by atoms with Crippen molar-refractivity contribution in [2.75, 3.05) is 39.3 Å². The highest BCUT2D eigenvalue weighted by molar-refractivity contribution is 5.96. The Kier molecular flexibility index (Phi) is 38.1. The molecule has 6 N–H and O–H groups in total. The van der Waals surface area contributed by atoms with Gasteiger partial charge in [0.1, 0.15) is 12.1 Å². The fourth-order valence-corrected chi connectivity index (χ4v) is 9.05. The summed E-state index contributed by atoms with van der Waals surface area (Å²) < 4.78 is 0. The molecule has 2 amide bonds. The molecule has 0 aliphatic carbocycles. The number of nitrogens with one attached hydrogen (secondary N) is 2. The molecule has 0 saturated carbocycles. The topological polar surface area (TPSA) is 146 Å². The molecule has 10 nitrogen and oxygen atoms in total. The van der Waals surface area contributed by atoms with Crippen LogP contribution in [0.1, 0.15) is 240 Å². The summed E-state index contributed by atoms with van der Waals surface area (Å²) >= 11 is 0. The van der Waals surface area contributed by atoms with Gasteiger partial charge in [-0.3, -0.25) is 19.4 Å². The van der Waals surface area contributed by atoms with Gasteiger partial charge in [0, 0.05) is 26.2 Å². The van der Waals surface area contributed by atoms with E-state index in [-0.39, 0.29) is 11.8 Å². The Bertz CT molecular complexity index is 976. The van der Waals surface area contributed by atoms with Gasteiger partial charge in [0.25, 0.3) is 0 Å². The molecule has 1 rings (SSSR count). The summed E-state index contributed by atoms with van der Waals surface area (Å²) in [5.41, 5.74) is 0. The summed E-state index contributed by atoms with van der Waals surface area (Å²) in [4.78, 5) is 30.5. The zero-order valence-electron chi connectivity index (χ0n) is 40.5. The maximum Gasteiger partial charge on any atom is 0.243 e. The Labute approximate surface area is 376 Å². The molecule has 0 spiro atoms. The summed E-state index contributed by atoms with van der Waals surface area (Å²) in [5.74, 6) is -0.246. The maximum atomic E-state index is 13.1. The van der Waals surface area contributed by atoms with Crippen molar-refractivity contribution >= 4 is 11.8 Å². The van der Waals surface area contributed by atoms with E-state index in [1.165, 1.54) is 116 Å². The number of carbonyl (C=O) groups is 2. The van der Waals surface area contributed by atoms with E-state index in [1.807, 2.05) is 0 Å². The van der Waals surface area contributed by atoms with Crippen molar-refractivity contribution in [3.05, 3.63) is 0 Å². The number of carbonyl (C=O) groups excluding carboxylic acids is 2. The lowest BCUT2D eigenvalue weighted by Crippen LogP contribution is -2.61. The highest BCUT2D eigenvalue weighted by Gasteiger charge is 2.33. The largest absolute Gasteiger partial charge is 0.392 e. The van der Waals surface area contributed by atoms with Gasteiger partial charge in [-0.05, 0) is 77.8 Å². The average Bonchev–Trinajstić information content (AvgIpc) is 3.22. The van der Waals surface area contributed by atoms with Crippen LogP contribution in [0, 0.1) is 0 Å². The molecule has 1 aliphatic heterocycles. The molecule has 0 bridgehead atoms. The second kappa shape index (κ2) is 40.2. The zero-order valence-corrected chi connectivity index (χ0v) is 40.5. The molecule has 362 valence electrons. The van der Waals surface area contributed by atoms with Crippen molar-refractivity contribution in [2.45, 2.75) is 276 Å². The first-order valence-corrected chi connectivity index (χ1v) is 26.4. The van der Waals surface area contributed by atoms with Crippen molar-refractivity contribution in [2.24, 2.45) is 0 Å². The van der Waals surface area contributed by atoms with Crippen LogP contribution in [-0.2, 0) is 9.59 Å². The molecular formula is C51H102N4O6. The monoisotopic (exact) mass is 867 g/mol. The normalized spacial score (nSPS) is 17.8. The van der Waals surface area contributed by atoms with Gasteiger partial charge in [-0.25, -0.2) is 0 Å². The number of unbranched alkanes of at least 4 members (excludes halogenated alkanes) is 23. The molecule has 1 aliphatic rings. The van der Waals surface area contributed by atoms with Crippen molar-refractivity contribution in [1.82, 2.24) is 20.4 Å². The number of aliphatic hydroxyl groups is 4. The molecule has 6 atom stereocenters. The maximum absolute atomic E-state index is 13.1. The van der Waals surface area contributed by atoms with E-state index in [4.69, 9.17) is 0 Å². The number of hydrogen-bond acceptors (Lipinski definition) is 8. The van der Waals surface area contributed by atoms with Gasteiger partial charge >= 0.3 is 0 Å². The predicted molar refractivity (Wildman–Crippen MR) is 256 cm³/mol. The lowest BCUT2D eigenvalue weighted by Gasteiger charge is -2.31. The third-order valence-corrected chi connectivity index (χ3v) is 12.8. The standard InChI is InChI=1S/C51H102N4O6/c1-5-8-11-14-17-20-23-26-33-45(57)41-54(40-44(4)56)38-31-29-36-48-50(60)53-49(51(61)52-48)37-30-32-39-55(42-46(58)34-27-24-21-18-15-12-9-6-2)43-47(59)35-28-25-22-19-16-13-10-7-3/h44-49,56-59H,5-43H2,1-4H3,(H,52,61)(H,53,60)/t44-,45-,46-,47+,48-,49+/m1/s1. The molecule has 0 radical (unpaired) electrons. The van der Waals surface area contributed by atoms with E-state index in [0.29, 0.717) is 39.0 Å². The molecule has 10 heteroatoms.